The summed E-state index contributed by atoms with van der Waals surface area (Å²) >= 11 is 7.39. The lowest BCUT2D eigenvalue weighted by Gasteiger charge is -2.09. The second-order valence-electron chi connectivity index (χ2n) is 4.09. The van der Waals surface area contributed by atoms with Crippen molar-refractivity contribution in [2.75, 3.05) is 11.0 Å². The Hall–Kier alpha value is -1.68. The van der Waals surface area contributed by atoms with Crippen LogP contribution in [0.3, 0.4) is 0 Å². The van der Waals surface area contributed by atoms with Gasteiger partial charge in [0.25, 0.3) is 10.0 Å². The van der Waals surface area contributed by atoms with E-state index < -0.39 is 10.0 Å². The molecule has 4 nitrogen and oxygen atoms in total. The summed E-state index contributed by atoms with van der Waals surface area (Å²) in [6, 6.07) is 13.0. The van der Waals surface area contributed by atoms with E-state index in [4.69, 9.17) is 16.9 Å². The summed E-state index contributed by atoms with van der Waals surface area (Å²) in [5.41, 5.74) is 0.710. The van der Waals surface area contributed by atoms with E-state index in [9.17, 15) is 8.42 Å². The Morgan fingerprint density at radius 3 is 2.62 bits per heavy atom. The van der Waals surface area contributed by atoms with Crippen LogP contribution in [0.5, 0.6) is 0 Å². The van der Waals surface area contributed by atoms with Crippen LogP contribution in [0.4, 0.5) is 5.69 Å². The first-order valence-corrected chi connectivity index (χ1v) is 8.91. The van der Waals surface area contributed by atoms with Crippen LogP contribution >= 0.6 is 23.4 Å². The van der Waals surface area contributed by atoms with Crippen molar-refractivity contribution in [1.29, 1.82) is 5.26 Å². The molecule has 0 unspecified atom stereocenters. The van der Waals surface area contributed by atoms with Crippen LogP contribution in [-0.4, -0.2) is 14.7 Å². The van der Waals surface area contributed by atoms with Crippen molar-refractivity contribution in [2.24, 2.45) is 0 Å². The summed E-state index contributed by atoms with van der Waals surface area (Å²) in [6.45, 7) is 0. The van der Waals surface area contributed by atoms with Gasteiger partial charge in [0.05, 0.1) is 15.5 Å². The van der Waals surface area contributed by atoms with Gasteiger partial charge in [-0.3, -0.25) is 4.72 Å². The zero-order valence-electron chi connectivity index (χ0n) is 11.0. The number of anilines is 1. The standard InChI is InChI=1S/C14H11ClN2O2S2/c1-20-12-4-2-3-11(7-12)17-21(18,19)13-6-5-10(9-16)14(15)8-13/h2-8,17H,1H3. The minimum absolute atomic E-state index is 0.0149. The van der Waals surface area contributed by atoms with Gasteiger partial charge in [0, 0.05) is 10.6 Å². The van der Waals surface area contributed by atoms with Crippen molar-refractivity contribution in [3.8, 4) is 6.07 Å². The van der Waals surface area contributed by atoms with E-state index >= 15 is 0 Å². The number of halogens is 1. The third-order valence-corrected chi connectivity index (χ3v) is 5.11. The first-order chi connectivity index (χ1) is 9.96. The van der Waals surface area contributed by atoms with E-state index in [1.807, 2.05) is 18.4 Å². The van der Waals surface area contributed by atoms with Crippen LogP contribution in [-0.2, 0) is 10.0 Å². The smallest absolute Gasteiger partial charge is 0.261 e. The normalized spacial score (nSPS) is 10.9. The molecule has 0 heterocycles. The van der Waals surface area contributed by atoms with Gasteiger partial charge in [-0.15, -0.1) is 11.8 Å². The van der Waals surface area contributed by atoms with E-state index in [2.05, 4.69) is 4.72 Å². The Labute approximate surface area is 132 Å². The number of sulfonamides is 1. The Balaban J connectivity index is 2.34. The summed E-state index contributed by atoms with van der Waals surface area (Å²) in [5.74, 6) is 0. The Kier molecular flexibility index (Phi) is 4.78. The van der Waals surface area contributed by atoms with Crippen LogP contribution in [0.2, 0.25) is 5.02 Å². The molecule has 1 N–H and O–H groups in total. The summed E-state index contributed by atoms with van der Waals surface area (Å²) < 4.78 is 27.1. The highest BCUT2D eigenvalue weighted by molar-refractivity contribution is 7.98. The fourth-order valence-electron chi connectivity index (χ4n) is 1.65. The molecule has 2 aromatic rings. The molecule has 2 aromatic carbocycles. The summed E-state index contributed by atoms with van der Waals surface area (Å²) in [4.78, 5) is 0.967. The molecule has 0 spiro atoms. The Morgan fingerprint density at radius 2 is 2.00 bits per heavy atom. The molecule has 0 amide bonds. The molecule has 0 aliphatic heterocycles. The highest BCUT2D eigenvalue weighted by atomic mass is 35.5. The van der Waals surface area contributed by atoms with Gasteiger partial charge in [-0.25, -0.2) is 8.42 Å². The maximum Gasteiger partial charge on any atom is 0.261 e. The van der Waals surface area contributed by atoms with Crippen LogP contribution in [0.1, 0.15) is 5.56 Å². The molecule has 0 saturated carbocycles. The summed E-state index contributed by atoms with van der Waals surface area (Å²) in [6.07, 6.45) is 1.91. The molecule has 0 radical (unpaired) electrons. The molecule has 0 aromatic heterocycles. The third-order valence-electron chi connectivity index (χ3n) is 2.69. The van der Waals surface area contributed by atoms with Crippen LogP contribution < -0.4 is 4.72 Å². The summed E-state index contributed by atoms with van der Waals surface area (Å²) in [5, 5.41) is 8.91. The van der Waals surface area contributed by atoms with Crippen molar-refractivity contribution in [3.63, 3.8) is 0 Å². The lowest BCUT2D eigenvalue weighted by Crippen LogP contribution is -2.13. The number of nitrogens with zero attached hydrogens (tertiary/aromatic N) is 1. The molecular weight excluding hydrogens is 328 g/mol. The van der Waals surface area contributed by atoms with Gasteiger partial charge in [-0.2, -0.15) is 5.26 Å². The van der Waals surface area contributed by atoms with Gasteiger partial charge in [0.1, 0.15) is 6.07 Å². The molecular formula is C14H11ClN2O2S2. The van der Waals surface area contributed by atoms with Gasteiger partial charge in [0.15, 0.2) is 0 Å². The van der Waals surface area contributed by atoms with E-state index in [0.29, 0.717) is 5.69 Å². The molecule has 0 aliphatic carbocycles. The van der Waals surface area contributed by atoms with Crippen LogP contribution in [0.15, 0.2) is 52.3 Å². The maximum absolute atomic E-state index is 12.3. The summed E-state index contributed by atoms with van der Waals surface area (Å²) in [7, 11) is -3.74. The van der Waals surface area contributed by atoms with Crippen molar-refractivity contribution < 1.29 is 8.42 Å². The van der Waals surface area contributed by atoms with Gasteiger partial charge in [-0.05, 0) is 42.7 Å². The second kappa shape index (κ2) is 6.39. The second-order valence-corrected chi connectivity index (χ2v) is 7.06. The molecule has 2 rings (SSSR count). The van der Waals surface area contributed by atoms with E-state index in [1.165, 1.54) is 30.0 Å². The topological polar surface area (TPSA) is 70.0 Å². The third kappa shape index (κ3) is 3.70. The zero-order chi connectivity index (χ0) is 15.5. The quantitative estimate of drug-likeness (QED) is 0.862. The largest absolute Gasteiger partial charge is 0.280 e. The number of hydrogen-bond donors (Lipinski definition) is 1. The van der Waals surface area contributed by atoms with E-state index in [1.54, 1.807) is 18.2 Å². The Morgan fingerprint density at radius 1 is 1.24 bits per heavy atom. The molecule has 7 heteroatoms. The Bertz CT molecular complexity index is 814. The SMILES string of the molecule is CSc1cccc(NS(=O)(=O)c2ccc(C#N)c(Cl)c2)c1. The average Bonchev–Trinajstić information content (AvgIpc) is 2.47. The fraction of sp³-hybridized carbons (Fsp3) is 0.0714. The monoisotopic (exact) mass is 338 g/mol. The van der Waals surface area contributed by atoms with Crippen LogP contribution in [0, 0.1) is 11.3 Å². The van der Waals surface area contributed by atoms with E-state index in [0.717, 1.165) is 4.90 Å². The lowest BCUT2D eigenvalue weighted by molar-refractivity contribution is 0.601. The molecule has 0 atom stereocenters. The lowest BCUT2D eigenvalue weighted by atomic mass is 10.2. The number of benzene rings is 2. The van der Waals surface area contributed by atoms with Gasteiger partial charge < -0.3 is 0 Å². The van der Waals surface area contributed by atoms with Gasteiger partial charge in [0.2, 0.25) is 0 Å². The zero-order valence-corrected chi connectivity index (χ0v) is 13.4. The fourth-order valence-corrected chi connectivity index (χ4v) is 3.48. The number of nitrogens with one attached hydrogen (secondary N) is 1. The number of rotatable bonds is 4. The number of thioether (sulfide) groups is 1. The average molecular weight is 339 g/mol. The van der Waals surface area contributed by atoms with Gasteiger partial charge in [-0.1, -0.05) is 17.7 Å². The minimum Gasteiger partial charge on any atom is -0.280 e. The van der Waals surface area contributed by atoms with Gasteiger partial charge >= 0.3 is 0 Å². The maximum atomic E-state index is 12.3. The number of nitriles is 1. The van der Waals surface area contributed by atoms with E-state index in [-0.39, 0.29) is 15.5 Å². The highest BCUT2D eigenvalue weighted by Gasteiger charge is 2.16. The van der Waals surface area contributed by atoms with Crippen molar-refractivity contribution in [1.82, 2.24) is 0 Å². The number of hydrogen-bond acceptors (Lipinski definition) is 4. The first-order valence-electron chi connectivity index (χ1n) is 5.83. The van der Waals surface area contributed by atoms with Crippen molar-refractivity contribution >= 4 is 39.1 Å². The molecule has 0 bridgehead atoms. The van der Waals surface area contributed by atoms with Crippen molar-refractivity contribution in [3.05, 3.63) is 53.1 Å². The first kappa shape index (κ1) is 15.7. The molecule has 0 fully saturated rings. The van der Waals surface area contributed by atoms with Crippen LogP contribution in [0.25, 0.3) is 0 Å². The predicted octanol–water partition coefficient (Wildman–Crippen LogP) is 3.73. The molecule has 0 saturated heterocycles. The highest BCUT2D eigenvalue weighted by Crippen LogP contribution is 2.24. The minimum atomic E-state index is -3.74. The predicted molar refractivity (Wildman–Crippen MR) is 85.2 cm³/mol. The molecule has 0 aliphatic rings. The molecule has 21 heavy (non-hydrogen) atoms. The molecule has 108 valence electrons. The van der Waals surface area contributed by atoms with Crippen molar-refractivity contribution in [2.45, 2.75) is 9.79 Å².